The Balaban J connectivity index is 1.15. The van der Waals surface area contributed by atoms with Gasteiger partial charge in [0.1, 0.15) is 23.8 Å². The maximum atomic E-state index is 14.4. The molecule has 0 bridgehead atoms. The minimum Gasteiger partial charge on any atom is -0.495 e. The van der Waals surface area contributed by atoms with Crippen molar-refractivity contribution < 1.29 is 28.6 Å². The fourth-order valence-electron chi connectivity index (χ4n) is 7.22. The number of carbonyl (C=O) groups excluding carboxylic acids is 2. The van der Waals surface area contributed by atoms with Crippen molar-refractivity contribution in [2.24, 2.45) is 11.8 Å². The third kappa shape index (κ3) is 7.64. The maximum Gasteiger partial charge on any atom is 0.410 e. The molecule has 3 heterocycles. The number of oxazole rings is 1. The molecule has 6 rings (SSSR count). The smallest absolute Gasteiger partial charge is 0.410 e. The van der Waals surface area contributed by atoms with E-state index in [4.69, 9.17) is 23.9 Å². The van der Waals surface area contributed by atoms with Crippen LogP contribution in [0.2, 0.25) is 0 Å². The van der Waals surface area contributed by atoms with E-state index in [9.17, 15) is 14.7 Å². The van der Waals surface area contributed by atoms with Gasteiger partial charge in [0, 0.05) is 41.2 Å². The van der Waals surface area contributed by atoms with E-state index in [1.165, 1.54) is 4.90 Å². The summed E-state index contributed by atoms with van der Waals surface area (Å²) in [6.45, 7) is 7.41. The van der Waals surface area contributed by atoms with Crippen LogP contribution in [0.15, 0.2) is 47.1 Å². The lowest BCUT2D eigenvalue weighted by Crippen LogP contribution is -2.54. The SMILES string of the molecule is COc1ccc(C2CCC(CN(C(=O)C3CCC(OC(=O)N4CC(O)C4)CC3)c3cccc(-c4coc(C(C)C)n4)c3)CC2)nc1C. The van der Waals surface area contributed by atoms with Gasteiger partial charge in [-0.25, -0.2) is 9.78 Å². The monoisotopic (exact) mass is 644 g/mol. The van der Waals surface area contributed by atoms with Crippen LogP contribution in [-0.2, 0) is 9.53 Å². The standard InChI is InChI=1S/C37H48N4O6/c1-23(2)35-39-33(22-46-35)28-6-5-7-29(18-28)41(19-25-8-10-26(11-9-25)32-16-17-34(45-4)24(3)38-32)36(43)27-12-14-31(15-13-27)47-37(44)40-20-30(42)21-40/h5-7,16-18,22-23,25-27,30-31,42H,8-15,19-21H2,1-4H3. The van der Waals surface area contributed by atoms with Gasteiger partial charge in [-0.05, 0) is 88.5 Å². The van der Waals surface area contributed by atoms with Gasteiger partial charge in [-0.2, -0.15) is 0 Å². The number of aryl methyl sites for hydroxylation is 1. The number of amides is 2. The number of aromatic nitrogens is 2. The first-order chi connectivity index (χ1) is 22.7. The summed E-state index contributed by atoms with van der Waals surface area (Å²) < 4.78 is 16.8. The zero-order valence-corrected chi connectivity index (χ0v) is 28.1. The number of benzene rings is 1. The Labute approximate surface area is 277 Å². The van der Waals surface area contributed by atoms with E-state index in [2.05, 4.69) is 26.0 Å². The van der Waals surface area contributed by atoms with Crippen LogP contribution in [0.5, 0.6) is 5.75 Å². The van der Waals surface area contributed by atoms with Crippen LogP contribution in [0.1, 0.15) is 94.3 Å². The molecule has 0 unspecified atom stereocenters. The molecule has 0 atom stereocenters. The fourth-order valence-corrected chi connectivity index (χ4v) is 7.22. The highest BCUT2D eigenvalue weighted by molar-refractivity contribution is 5.95. The topological polar surface area (TPSA) is 118 Å². The summed E-state index contributed by atoms with van der Waals surface area (Å²) in [5.74, 6) is 2.47. The van der Waals surface area contributed by atoms with E-state index in [0.717, 1.165) is 59.8 Å². The van der Waals surface area contributed by atoms with E-state index in [0.29, 0.717) is 63.0 Å². The van der Waals surface area contributed by atoms with Crippen molar-refractivity contribution in [2.45, 2.75) is 96.2 Å². The van der Waals surface area contributed by atoms with E-state index < -0.39 is 6.10 Å². The van der Waals surface area contributed by atoms with Crippen LogP contribution in [0.25, 0.3) is 11.3 Å². The molecule has 3 aromatic rings. The summed E-state index contributed by atoms with van der Waals surface area (Å²) >= 11 is 0. The second kappa shape index (κ2) is 14.5. The normalized spacial score (nSPS) is 23.3. The molecule has 1 aromatic carbocycles. The molecule has 2 aromatic heterocycles. The van der Waals surface area contributed by atoms with Crippen LogP contribution in [0, 0.1) is 18.8 Å². The van der Waals surface area contributed by atoms with Crippen LogP contribution in [0.4, 0.5) is 10.5 Å². The molecule has 47 heavy (non-hydrogen) atoms. The molecule has 3 aliphatic rings. The average molecular weight is 645 g/mol. The fraction of sp³-hybridized carbons (Fsp3) is 0.568. The van der Waals surface area contributed by atoms with Crippen LogP contribution >= 0.6 is 0 Å². The summed E-state index contributed by atoms with van der Waals surface area (Å²) in [5, 5.41) is 9.52. The first-order valence-electron chi connectivity index (χ1n) is 17.2. The van der Waals surface area contributed by atoms with Crippen molar-refractivity contribution in [3.8, 4) is 17.0 Å². The highest BCUT2D eigenvalue weighted by Gasteiger charge is 2.36. The molecule has 2 amide bonds. The highest BCUT2D eigenvalue weighted by atomic mass is 16.6. The number of aliphatic hydroxyl groups excluding tert-OH is 1. The van der Waals surface area contributed by atoms with E-state index >= 15 is 0 Å². The molecule has 2 aliphatic carbocycles. The van der Waals surface area contributed by atoms with Crippen molar-refractivity contribution >= 4 is 17.7 Å². The molecular weight excluding hydrogens is 596 g/mol. The van der Waals surface area contributed by atoms with Gasteiger partial charge >= 0.3 is 6.09 Å². The van der Waals surface area contributed by atoms with E-state index in [1.807, 2.05) is 36.1 Å². The largest absolute Gasteiger partial charge is 0.495 e. The molecule has 0 spiro atoms. The Morgan fingerprint density at radius 1 is 1.02 bits per heavy atom. The molecule has 3 fully saturated rings. The second-order valence-electron chi connectivity index (χ2n) is 13.9. The Bertz CT molecular complexity index is 1530. The summed E-state index contributed by atoms with van der Waals surface area (Å²) in [4.78, 5) is 39.8. The molecule has 0 radical (unpaired) electrons. The average Bonchev–Trinajstić information content (AvgIpc) is 3.57. The van der Waals surface area contributed by atoms with Crippen molar-refractivity contribution in [1.82, 2.24) is 14.9 Å². The number of methoxy groups -OCH3 is 1. The van der Waals surface area contributed by atoms with Gasteiger partial charge in [0.2, 0.25) is 5.91 Å². The van der Waals surface area contributed by atoms with Crippen LogP contribution in [-0.4, -0.2) is 70.9 Å². The predicted molar refractivity (Wildman–Crippen MR) is 178 cm³/mol. The zero-order chi connectivity index (χ0) is 33.1. The number of ether oxygens (including phenoxy) is 2. The second-order valence-corrected chi connectivity index (χ2v) is 13.9. The summed E-state index contributed by atoms with van der Waals surface area (Å²) in [5.41, 5.74) is 4.61. The third-order valence-corrected chi connectivity index (χ3v) is 10.1. The first kappa shape index (κ1) is 33.0. The summed E-state index contributed by atoms with van der Waals surface area (Å²) in [7, 11) is 1.67. The number of β-amino-alcohol motifs (C(OH)–C–C–N with tert-alkyl or cyclic N) is 1. The van der Waals surface area contributed by atoms with Crippen LogP contribution in [0.3, 0.4) is 0 Å². The van der Waals surface area contributed by atoms with Gasteiger partial charge in [0.15, 0.2) is 5.89 Å². The third-order valence-electron chi connectivity index (χ3n) is 10.1. The lowest BCUT2D eigenvalue weighted by atomic mass is 9.79. The molecule has 2 saturated carbocycles. The molecule has 1 aliphatic heterocycles. The molecular formula is C37H48N4O6. The summed E-state index contributed by atoms with van der Waals surface area (Å²) in [6, 6.07) is 12.2. The Hall–Kier alpha value is -3.92. The molecule has 1 saturated heterocycles. The van der Waals surface area contributed by atoms with Gasteiger partial charge < -0.3 is 28.8 Å². The quantitative estimate of drug-likeness (QED) is 0.269. The van der Waals surface area contributed by atoms with Gasteiger partial charge in [0.25, 0.3) is 0 Å². The van der Waals surface area contributed by atoms with Gasteiger partial charge in [-0.15, -0.1) is 0 Å². The van der Waals surface area contributed by atoms with E-state index in [-0.39, 0.29) is 29.9 Å². The van der Waals surface area contributed by atoms with Crippen molar-refractivity contribution in [3.05, 3.63) is 59.9 Å². The number of hydrogen-bond donors (Lipinski definition) is 1. The Morgan fingerprint density at radius 3 is 2.40 bits per heavy atom. The summed E-state index contributed by atoms with van der Waals surface area (Å²) in [6.07, 6.45) is 7.44. The van der Waals surface area contributed by atoms with Gasteiger partial charge in [-0.1, -0.05) is 26.0 Å². The number of carbonyl (C=O) groups is 2. The Morgan fingerprint density at radius 2 is 1.77 bits per heavy atom. The number of rotatable bonds is 9. The number of anilines is 1. The van der Waals surface area contributed by atoms with Crippen LogP contribution < -0.4 is 9.64 Å². The minimum absolute atomic E-state index is 0.135. The van der Waals surface area contributed by atoms with Gasteiger partial charge in [-0.3, -0.25) is 9.78 Å². The number of nitrogens with zero attached hydrogens (tertiary/aromatic N) is 4. The molecule has 252 valence electrons. The predicted octanol–water partition coefficient (Wildman–Crippen LogP) is 6.86. The van der Waals surface area contributed by atoms with Gasteiger partial charge in [0.05, 0.1) is 32.0 Å². The number of hydrogen-bond acceptors (Lipinski definition) is 8. The minimum atomic E-state index is -0.458. The lowest BCUT2D eigenvalue weighted by Gasteiger charge is -2.38. The number of aliphatic hydroxyl groups is 1. The molecule has 1 N–H and O–H groups in total. The molecule has 10 heteroatoms. The first-order valence-corrected chi connectivity index (χ1v) is 17.2. The van der Waals surface area contributed by atoms with Crippen molar-refractivity contribution in [1.29, 1.82) is 0 Å². The number of pyridine rings is 1. The van der Waals surface area contributed by atoms with Crippen molar-refractivity contribution in [2.75, 3.05) is 31.6 Å². The van der Waals surface area contributed by atoms with Crippen molar-refractivity contribution in [3.63, 3.8) is 0 Å². The Kier molecular flexibility index (Phi) is 10.2. The lowest BCUT2D eigenvalue weighted by molar-refractivity contribution is -0.124. The molecule has 10 nitrogen and oxygen atoms in total. The number of likely N-dealkylation sites (tertiary alicyclic amines) is 1. The van der Waals surface area contributed by atoms with E-state index in [1.54, 1.807) is 13.4 Å². The zero-order valence-electron chi connectivity index (χ0n) is 28.1. The highest BCUT2D eigenvalue weighted by Crippen LogP contribution is 2.38. The maximum absolute atomic E-state index is 14.4.